The van der Waals surface area contributed by atoms with Crippen LogP contribution in [0.3, 0.4) is 0 Å². The lowest BCUT2D eigenvalue weighted by molar-refractivity contribution is -0.383. The van der Waals surface area contributed by atoms with Crippen LogP contribution in [0.15, 0.2) is 18.2 Å². The van der Waals surface area contributed by atoms with E-state index in [1.54, 1.807) is 12.1 Å². The van der Waals surface area contributed by atoms with Crippen LogP contribution >= 0.6 is 23.4 Å². The van der Waals surface area contributed by atoms with Gasteiger partial charge < -0.3 is 5.32 Å². The van der Waals surface area contributed by atoms with E-state index in [-0.39, 0.29) is 5.69 Å². The van der Waals surface area contributed by atoms with Crippen molar-refractivity contribution in [3.63, 3.8) is 0 Å². The van der Waals surface area contributed by atoms with Crippen molar-refractivity contribution in [2.75, 3.05) is 17.6 Å². The Morgan fingerprint density at radius 1 is 1.50 bits per heavy atom. The van der Waals surface area contributed by atoms with E-state index in [2.05, 4.69) is 5.32 Å². The van der Waals surface area contributed by atoms with Gasteiger partial charge >= 0.3 is 0 Å². The summed E-state index contributed by atoms with van der Waals surface area (Å²) in [5.74, 6) is 1.19. The quantitative estimate of drug-likeness (QED) is 0.673. The van der Waals surface area contributed by atoms with Gasteiger partial charge in [-0.25, -0.2) is 0 Å². The SMILES string of the molecule is O=[N+]([O-])c1cc(Cl)ccc1NCC1CCCCS1. The standard InChI is InChI=1S/C12H15ClN2O2S/c13-9-4-5-11(12(7-9)15(16)17)14-8-10-3-1-2-6-18-10/h4-5,7,10,14H,1-3,6,8H2. The first-order chi connectivity index (χ1) is 8.66. The number of nitro benzene ring substituents is 1. The van der Waals surface area contributed by atoms with Gasteiger partial charge in [-0.05, 0) is 30.7 Å². The number of nitrogens with one attached hydrogen (secondary N) is 1. The summed E-state index contributed by atoms with van der Waals surface area (Å²) in [6.07, 6.45) is 3.71. The summed E-state index contributed by atoms with van der Waals surface area (Å²) in [6, 6.07) is 4.73. The van der Waals surface area contributed by atoms with Crippen molar-refractivity contribution in [3.05, 3.63) is 33.3 Å². The molecule has 1 aliphatic heterocycles. The summed E-state index contributed by atoms with van der Waals surface area (Å²) < 4.78 is 0. The summed E-state index contributed by atoms with van der Waals surface area (Å²) in [7, 11) is 0. The number of rotatable bonds is 4. The van der Waals surface area contributed by atoms with Crippen LogP contribution in [0, 0.1) is 10.1 Å². The molecular weight excluding hydrogens is 272 g/mol. The van der Waals surface area contributed by atoms with Crippen molar-refractivity contribution in [1.82, 2.24) is 0 Å². The molecule has 0 saturated carbocycles. The van der Waals surface area contributed by atoms with Crippen LogP contribution in [-0.2, 0) is 0 Å². The molecule has 1 N–H and O–H groups in total. The van der Waals surface area contributed by atoms with Crippen molar-refractivity contribution in [2.45, 2.75) is 24.5 Å². The number of benzene rings is 1. The Kier molecular flexibility index (Phi) is 4.72. The first-order valence-corrected chi connectivity index (χ1v) is 7.39. The molecular formula is C12H15ClN2O2S. The van der Waals surface area contributed by atoms with Crippen LogP contribution in [-0.4, -0.2) is 22.5 Å². The molecule has 2 rings (SSSR count). The zero-order chi connectivity index (χ0) is 13.0. The smallest absolute Gasteiger partial charge is 0.293 e. The molecule has 0 aliphatic carbocycles. The molecule has 0 amide bonds. The Bertz CT molecular complexity index is 436. The van der Waals surface area contributed by atoms with Gasteiger partial charge in [0.15, 0.2) is 0 Å². The third kappa shape index (κ3) is 3.53. The fraction of sp³-hybridized carbons (Fsp3) is 0.500. The summed E-state index contributed by atoms with van der Waals surface area (Å²) in [5, 5.41) is 15.0. The molecule has 0 aromatic heterocycles. The number of hydrogen-bond donors (Lipinski definition) is 1. The highest BCUT2D eigenvalue weighted by molar-refractivity contribution is 7.99. The normalized spacial score (nSPS) is 19.5. The Morgan fingerprint density at radius 3 is 3.00 bits per heavy atom. The summed E-state index contributed by atoms with van der Waals surface area (Å²) in [4.78, 5) is 10.5. The number of nitrogens with zero attached hydrogens (tertiary/aromatic N) is 1. The van der Waals surface area contributed by atoms with Crippen LogP contribution in [0.2, 0.25) is 5.02 Å². The molecule has 18 heavy (non-hydrogen) atoms. The van der Waals surface area contributed by atoms with E-state index < -0.39 is 4.92 Å². The third-order valence-corrected chi connectivity index (χ3v) is 4.58. The van der Waals surface area contributed by atoms with Gasteiger partial charge in [-0.2, -0.15) is 11.8 Å². The molecule has 4 nitrogen and oxygen atoms in total. The van der Waals surface area contributed by atoms with Crippen molar-refractivity contribution in [2.24, 2.45) is 0 Å². The highest BCUT2D eigenvalue weighted by atomic mass is 35.5. The van der Waals surface area contributed by atoms with Gasteiger partial charge in [-0.1, -0.05) is 18.0 Å². The fourth-order valence-corrected chi connectivity index (χ4v) is 3.40. The summed E-state index contributed by atoms with van der Waals surface area (Å²) >= 11 is 7.71. The van der Waals surface area contributed by atoms with Gasteiger partial charge in [0.1, 0.15) is 5.69 Å². The molecule has 0 radical (unpaired) electrons. The second-order valence-corrected chi connectivity index (χ2v) is 6.13. The predicted octanol–water partition coefficient (Wildman–Crippen LogP) is 3.95. The van der Waals surface area contributed by atoms with E-state index in [9.17, 15) is 10.1 Å². The lowest BCUT2D eigenvalue weighted by Gasteiger charge is -2.21. The molecule has 1 aromatic rings. The van der Waals surface area contributed by atoms with E-state index in [1.807, 2.05) is 11.8 Å². The van der Waals surface area contributed by atoms with Gasteiger partial charge in [0, 0.05) is 22.9 Å². The zero-order valence-corrected chi connectivity index (χ0v) is 11.5. The Labute approximate surface area is 115 Å². The minimum absolute atomic E-state index is 0.0447. The van der Waals surface area contributed by atoms with Crippen molar-refractivity contribution in [3.8, 4) is 0 Å². The summed E-state index contributed by atoms with van der Waals surface area (Å²) in [5.41, 5.74) is 0.596. The molecule has 1 aliphatic rings. The molecule has 0 spiro atoms. The van der Waals surface area contributed by atoms with Crippen LogP contribution in [0.5, 0.6) is 0 Å². The van der Waals surface area contributed by atoms with Crippen LogP contribution < -0.4 is 5.32 Å². The van der Waals surface area contributed by atoms with Crippen LogP contribution in [0.25, 0.3) is 0 Å². The molecule has 6 heteroatoms. The molecule has 1 unspecified atom stereocenters. The van der Waals surface area contributed by atoms with E-state index in [4.69, 9.17) is 11.6 Å². The number of anilines is 1. The van der Waals surface area contributed by atoms with Gasteiger partial charge in [-0.15, -0.1) is 0 Å². The highest BCUT2D eigenvalue weighted by Crippen LogP contribution is 2.30. The minimum atomic E-state index is -0.401. The number of halogens is 1. The topological polar surface area (TPSA) is 55.2 Å². The van der Waals surface area contributed by atoms with Crippen molar-refractivity contribution in [1.29, 1.82) is 0 Å². The number of hydrogen-bond acceptors (Lipinski definition) is 4. The molecule has 1 atom stereocenters. The van der Waals surface area contributed by atoms with Gasteiger partial charge in [-0.3, -0.25) is 10.1 Å². The highest BCUT2D eigenvalue weighted by Gasteiger charge is 2.17. The molecule has 1 fully saturated rings. The zero-order valence-electron chi connectivity index (χ0n) is 9.89. The maximum atomic E-state index is 10.9. The van der Waals surface area contributed by atoms with Crippen molar-refractivity contribution < 1.29 is 4.92 Å². The number of nitro groups is 1. The van der Waals surface area contributed by atoms with Crippen LogP contribution in [0.1, 0.15) is 19.3 Å². The van der Waals surface area contributed by atoms with Gasteiger partial charge in [0.05, 0.1) is 4.92 Å². The van der Waals surface area contributed by atoms with Gasteiger partial charge in [0.25, 0.3) is 5.69 Å². The minimum Gasteiger partial charge on any atom is -0.378 e. The largest absolute Gasteiger partial charge is 0.378 e. The second-order valence-electron chi connectivity index (χ2n) is 4.29. The second kappa shape index (κ2) is 6.29. The molecule has 1 aromatic carbocycles. The first-order valence-electron chi connectivity index (χ1n) is 5.96. The maximum Gasteiger partial charge on any atom is 0.293 e. The van der Waals surface area contributed by atoms with E-state index in [0.717, 1.165) is 6.54 Å². The van der Waals surface area contributed by atoms with Crippen LogP contribution in [0.4, 0.5) is 11.4 Å². The molecule has 1 saturated heterocycles. The fourth-order valence-electron chi connectivity index (χ4n) is 2.00. The van der Waals surface area contributed by atoms with E-state index in [1.165, 1.54) is 31.1 Å². The molecule has 98 valence electrons. The molecule has 0 bridgehead atoms. The lowest BCUT2D eigenvalue weighted by atomic mass is 10.2. The number of thioether (sulfide) groups is 1. The molecule has 1 heterocycles. The summed E-state index contributed by atoms with van der Waals surface area (Å²) in [6.45, 7) is 0.771. The monoisotopic (exact) mass is 286 g/mol. The average molecular weight is 287 g/mol. The van der Waals surface area contributed by atoms with E-state index >= 15 is 0 Å². The Balaban J connectivity index is 2.01. The average Bonchev–Trinajstić information content (AvgIpc) is 2.38. The van der Waals surface area contributed by atoms with E-state index in [0.29, 0.717) is 16.0 Å². The third-order valence-electron chi connectivity index (χ3n) is 2.95. The lowest BCUT2D eigenvalue weighted by Crippen LogP contribution is -2.20. The predicted molar refractivity (Wildman–Crippen MR) is 76.7 cm³/mol. The van der Waals surface area contributed by atoms with Gasteiger partial charge in [0.2, 0.25) is 0 Å². The maximum absolute atomic E-state index is 10.9. The first kappa shape index (κ1) is 13.5. The Morgan fingerprint density at radius 2 is 2.33 bits per heavy atom. The van der Waals surface area contributed by atoms with Crippen molar-refractivity contribution >= 4 is 34.7 Å². The Hall–Kier alpha value is -0.940.